The summed E-state index contributed by atoms with van der Waals surface area (Å²) in [5, 5.41) is 41.2. The normalized spacial score (nSPS) is 16.9. The van der Waals surface area contributed by atoms with Crippen molar-refractivity contribution < 1.29 is 30.0 Å². The van der Waals surface area contributed by atoms with Crippen molar-refractivity contribution in [3.8, 4) is 23.0 Å². The van der Waals surface area contributed by atoms with Crippen LogP contribution in [0.15, 0.2) is 42.5 Å². The van der Waals surface area contributed by atoms with Crippen LogP contribution < -0.4 is 4.74 Å². The van der Waals surface area contributed by atoms with Gasteiger partial charge in [-0.1, -0.05) is 30.4 Å². The van der Waals surface area contributed by atoms with Gasteiger partial charge in [0.2, 0.25) is 0 Å². The first-order valence-corrected chi connectivity index (χ1v) is 10.9. The van der Waals surface area contributed by atoms with Gasteiger partial charge in [0, 0.05) is 17.2 Å². The summed E-state index contributed by atoms with van der Waals surface area (Å²) in [6.07, 6.45) is 1.63. The molecule has 172 valence electrons. The van der Waals surface area contributed by atoms with Gasteiger partial charge in [-0.2, -0.15) is 0 Å². The second kappa shape index (κ2) is 9.25. The number of phenolic OH excluding ortho intramolecular Hbond substituents is 3. The predicted octanol–water partition coefficient (Wildman–Crippen LogP) is 5.19. The Balaban J connectivity index is 1.91. The molecule has 2 aromatic carbocycles. The average Bonchev–Trinajstić information content (AvgIpc) is 2.68. The third-order valence-electron chi connectivity index (χ3n) is 6.08. The van der Waals surface area contributed by atoms with Gasteiger partial charge >= 0.3 is 0 Å². The molecule has 4 N–H and O–H groups in total. The summed E-state index contributed by atoms with van der Waals surface area (Å²) in [7, 11) is 0. The van der Waals surface area contributed by atoms with E-state index in [4.69, 9.17) is 4.74 Å². The highest BCUT2D eigenvalue weighted by Crippen LogP contribution is 2.47. The van der Waals surface area contributed by atoms with Crippen LogP contribution in [0.4, 0.5) is 0 Å². The topological polar surface area (TPSA) is 107 Å². The maximum atomic E-state index is 12.9. The summed E-state index contributed by atoms with van der Waals surface area (Å²) in [5.74, 6) is -0.478. The van der Waals surface area contributed by atoms with Gasteiger partial charge in [0.25, 0.3) is 0 Å². The molecular formula is C26H32O6. The van der Waals surface area contributed by atoms with Crippen LogP contribution in [0, 0.1) is 5.92 Å². The zero-order valence-corrected chi connectivity index (χ0v) is 18.9. The second-order valence-corrected chi connectivity index (χ2v) is 9.32. The first-order chi connectivity index (χ1) is 15.0. The van der Waals surface area contributed by atoms with E-state index < -0.39 is 11.7 Å². The number of allylic oxidation sites excluding steroid dienone is 1. The maximum absolute atomic E-state index is 12.9. The molecule has 0 amide bonds. The fourth-order valence-electron chi connectivity index (χ4n) is 4.18. The summed E-state index contributed by atoms with van der Waals surface area (Å²) >= 11 is 0. The van der Waals surface area contributed by atoms with Crippen LogP contribution in [0.25, 0.3) is 0 Å². The molecule has 0 radical (unpaired) electrons. The van der Waals surface area contributed by atoms with Crippen LogP contribution >= 0.6 is 0 Å². The number of Topliss-reactive ketones (excluding diaryl/α,β-unsaturated/α-hetero) is 1. The highest BCUT2D eigenvalue weighted by Gasteiger charge is 2.34. The summed E-state index contributed by atoms with van der Waals surface area (Å²) < 4.78 is 6.11. The number of para-hydroxylation sites is 1. The number of phenols is 3. The fraction of sp³-hybridized carbons (Fsp3) is 0.423. The van der Waals surface area contributed by atoms with Gasteiger partial charge in [0.1, 0.15) is 34.7 Å². The van der Waals surface area contributed by atoms with E-state index in [9.17, 15) is 25.2 Å². The molecule has 3 rings (SSSR count). The number of ketones is 1. The van der Waals surface area contributed by atoms with E-state index in [1.807, 2.05) is 6.92 Å². The molecule has 0 saturated heterocycles. The zero-order valence-electron chi connectivity index (χ0n) is 18.9. The molecule has 0 bridgehead atoms. The lowest BCUT2D eigenvalue weighted by Crippen LogP contribution is -2.22. The van der Waals surface area contributed by atoms with Crippen molar-refractivity contribution in [3.05, 3.63) is 59.2 Å². The lowest BCUT2D eigenvalue weighted by molar-refractivity contribution is 0.0646. The number of carbonyl (C=O) groups is 1. The summed E-state index contributed by atoms with van der Waals surface area (Å²) in [6, 6.07) is 7.83. The van der Waals surface area contributed by atoms with Gasteiger partial charge in [-0.15, -0.1) is 0 Å². The van der Waals surface area contributed by atoms with Crippen LogP contribution in [-0.4, -0.2) is 31.8 Å². The molecule has 2 atom stereocenters. The van der Waals surface area contributed by atoms with Crippen LogP contribution in [0.1, 0.15) is 74.0 Å². The molecule has 6 heteroatoms. The third-order valence-corrected chi connectivity index (χ3v) is 6.08. The van der Waals surface area contributed by atoms with Gasteiger partial charge in [-0.25, -0.2) is 0 Å². The number of carbonyl (C=O) groups excluding carboxylic acids is 1. The second-order valence-electron chi connectivity index (χ2n) is 9.32. The molecule has 1 aliphatic heterocycles. The van der Waals surface area contributed by atoms with E-state index in [-0.39, 0.29) is 46.7 Å². The Morgan fingerprint density at radius 2 is 1.84 bits per heavy atom. The van der Waals surface area contributed by atoms with Crippen LogP contribution in [0.3, 0.4) is 0 Å². The molecule has 2 unspecified atom stereocenters. The Morgan fingerprint density at radius 3 is 2.47 bits per heavy atom. The van der Waals surface area contributed by atoms with E-state index in [1.165, 1.54) is 12.1 Å². The van der Waals surface area contributed by atoms with E-state index in [1.54, 1.807) is 32.0 Å². The Labute approximate surface area is 188 Å². The largest absolute Gasteiger partial charge is 0.508 e. The van der Waals surface area contributed by atoms with Gasteiger partial charge in [0.05, 0.1) is 12.0 Å². The van der Waals surface area contributed by atoms with Crippen molar-refractivity contribution in [2.75, 3.05) is 0 Å². The SMILES string of the molecule is C=C(C)C(CCc1c(O)cc(O)c2c1OC(c1ccccc1O)CC2=O)CCC(C)(C)O. The number of rotatable bonds is 8. The molecule has 0 spiro atoms. The van der Waals surface area contributed by atoms with Crippen molar-refractivity contribution in [1.29, 1.82) is 0 Å². The Kier molecular flexibility index (Phi) is 6.84. The van der Waals surface area contributed by atoms with Crippen molar-refractivity contribution in [3.63, 3.8) is 0 Å². The molecule has 0 fully saturated rings. The lowest BCUT2D eigenvalue weighted by Gasteiger charge is -2.29. The minimum atomic E-state index is -0.784. The average molecular weight is 441 g/mol. The van der Waals surface area contributed by atoms with E-state index >= 15 is 0 Å². The number of ether oxygens (including phenoxy) is 1. The number of aromatic hydroxyl groups is 3. The molecule has 1 aliphatic rings. The Bertz CT molecular complexity index is 1020. The minimum Gasteiger partial charge on any atom is -0.508 e. The molecule has 2 aromatic rings. The minimum absolute atomic E-state index is 0.0219. The highest BCUT2D eigenvalue weighted by molar-refractivity contribution is 6.03. The standard InChI is InChI=1S/C26H32O6/c1-15(2)16(11-12-26(3,4)31)9-10-18-20(28)13-21(29)24-22(30)14-23(32-25(18)24)17-7-5-6-8-19(17)27/h5-8,13,16,23,27-29,31H,1,9-12,14H2,2-4H3. The summed E-state index contributed by atoms with van der Waals surface area (Å²) in [5.41, 5.74) is 1.18. The first-order valence-electron chi connectivity index (χ1n) is 10.9. The maximum Gasteiger partial charge on any atom is 0.174 e. The first kappa shape index (κ1) is 23.7. The predicted molar refractivity (Wildman–Crippen MR) is 122 cm³/mol. The number of benzene rings is 2. The fourth-order valence-corrected chi connectivity index (χ4v) is 4.18. The Hall–Kier alpha value is -2.99. The van der Waals surface area contributed by atoms with Crippen LogP contribution in [0.2, 0.25) is 0 Å². The van der Waals surface area contributed by atoms with E-state index in [2.05, 4.69) is 6.58 Å². The third kappa shape index (κ3) is 5.25. The molecule has 0 aromatic heterocycles. The number of hydrogen-bond donors (Lipinski definition) is 4. The molecule has 1 heterocycles. The molecule has 6 nitrogen and oxygen atoms in total. The highest BCUT2D eigenvalue weighted by atomic mass is 16.5. The van der Waals surface area contributed by atoms with Gasteiger partial charge in [0.15, 0.2) is 5.78 Å². The molecular weight excluding hydrogens is 408 g/mol. The van der Waals surface area contributed by atoms with Gasteiger partial charge in [-0.3, -0.25) is 4.79 Å². The summed E-state index contributed by atoms with van der Waals surface area (Å²) in [6.45, 7) is 9.54. The summed E-state index contributed by atoms with van der Waals surface area (Å²) in [4.78, 5) is 12.9. The van der Waals surface area contributed by atoms with Crippen LogP contribution in [0.5, 0.6) is 23.0 Å². The monoisotopic (exact) mass is 440 g/mol. The zero-order chi connectivity index (χ0) is 23.6. The molecule has 32 heavy (non-hydrogen) atoms. The van der Waals surface area contributed by atoms with E-state index in [0.29, 0.717) is 30.4 Å². The van der Waals surface area contributed by atoms with Gasteiger partial charge < -0.3 is 25.2 Å². The van der Waals surface area contributed by atoms with Gasteiger partial charge in [-0.05, 0) is 58.4 Å². The molecule has 0 aliphatic carbocycles. The number of hydrogen-bond acceptors (Lipinski definition) is 6. The Morgan fingerprint density at radius 1 is 1.16 bits per heavy atom. The lowest BCUT2D eigenvalue weighted by atomic mass is 9.85. The van der Waals surface area contributed by atoms with E-state index in [0.717, 1.165) is 12.0 Å². The van der Waals surface area contributed by atoms with Crippen molar-refractivity contribution in [2.24, 2.45) is 5.92 Å². The van der Waals surface area contributed by atoms with Crippen molar-refractivity contribution in [2.45, 2.75) is 64.6 Å². The van der Waals surface area contributed by atoms with Crippen molar-refractivity contribution in [1.82, 2.24) is 0 Å². The number of aliphatic hydroxyl groups is 1. The van der Waals surface area contributed by atoms with Crippen molar-refractivity contribution >= 4 is 5.78 Å². The van der Waals surface area contributed by atoms with Crippen LogP contribution in [-0.2, 0) is 6.42 Å². The quantitative estimate of drug-likeness (QED) is 0.421. The molecule has 0 saturated carbocycles. The number of fused-ring (bicyclic) bond motifs is 1. The smallest absolute Gasteiger partial charge is 0.174 e.